The van der Waals surface area contributed by atoms with E-state index in [1.807, 2.05) is 12.2 Å². The number of amides is 3. The van der Waals surface area contributed by atoms with Crippen LogP contribution < -0.4 is 0 Å². The standard InChI is InChI=1S/C14H18N2O4/c1-14(2,3)20-13(19)16-7-5-6-8(16)10-9(7)11(17)15(4)12(10)18/h5-10H,1-4H3/t7-,8+,9+,10-. The fourth-order valence-electron chi connectivity index (χ4n) is 3.34. The summed E-state index contributed by atoms with van der Waals surface area (Å²) in [7, 11) is 1.50. The molecule has 0 spiro atoms. The molecule has 0 aromatic heterocycles. The van der Waals surface area contributed by atoms with Crippen LogP contribution in [-0.4, -0.2) is 52.4 Å². The van der Waals surface area contributed by atoms with Crippen LogP contribution in [-0.2, 0) is 14.3 Å². The molecule has 0 saturated carbocycles. The summed E-state index contributed by atoms with van der Waals surface area (Å²) in [6.07, 6.45) is 3.20. The van der Waals surface area contributed by atoms with Gasteiger partial charge in [-0.1, -0.05) is 12.2 Å². The van der Waals surface area contributed by atoms with Gasteiger partial charge >= 0.3 is 6.09 Å². The third-order valence-corrected chi connectivity index (χ3v) is 4.11. The molecule has 108 valence electrons. The number of rotatable bonds is 0. The first-order valence-corrected chi connectivity index (χ1v) is 6.73. The van der Waals surface area contributed by atoms with E-state index in [0.717, 1.165) is 0 Å². The van der Waals surface area contributed by atoms with Crippen molar-refractivity contribution in [3.8, 4) is 0 Å². The second kappa shape index (κ2) is 3.84. The predicted molar refractivity (Wildman–Crippen MR) is 69.5 cm³/mol. The third-order valence-electron chi connectivity index (χ3n) is 4.11. The molecule has 0 radical (unpaired) electrons. The molecule has 6 heteroatoms. The average molecular weight is 278 g/mol. The SMILES string of the molecule is CN1C(=O)[C@@H]2[C@H](C1=O)[C@@H]1C=C[C@H]2N1C(=O)OC(C)(C)C. The molecule has 0 N–H and O–H groups in total. The van der Waals surface area contributed by atoms with Gasteiger partial charge in [-0.3, -0.25) is 19.4 Å². The second-order valence-electron chi connectivity index (χ2n) is 6.54. The van der Waals surface area contributed by atoms with Gasteiger partial charge in [-0.25, -0.2) is 4.79 Å². The number of ether oxygens (including phenoxy) is 1. The zero-order chi connectivity index (χ0) is 14.8. The third kappa shape index (κ3) is 1.60. The molecular weight excluding hydrogens is 260 g/mol. The van der Waals surface area contributed by atoms with Crippen LogP contribution >= 0.6 is 0 Å². The number of imide groups is 1. The van der Waals surface area contributed by atoms with Crippen molar-refractivity contribution < 1.29 is 19.1 Å². The van der Waals surface area contributed by atoms with E-state index in [9.17, 15) is 14.4 Å². The molecule has 3 aliphatic heterocycles. The average Bonchev–Trinajstić information content (AvgIpc) is 2.94. The molecule has 6 nitrogen and oxygen atoms in total. The van der Waals surface area contributed by atoms with E-state index in [4.69, 9.17) is 4.74 Å². The van der Waals surface area contributed by atoms with Crippen molar-refractivity contribution in [3.63, 3.8) is 0 Å². The van der Waals surface area contributed by atoms with Crippen molar-refractivity contribution in [2.45, 2.75) is 38.5 Å². The molecule has 20 heavy (non-hydrogen) atoms. The van der Waals surface area contributed by atoms with Gasteiger partial charge in [-0.2, -0.15) is 0 Å². The molecule has 0 aromatic carbocycles. The Kier molecular flexibility index (Phi) is 2.52. The zero-order valence-corrected chi connectivity index (χ0v) is 12.0. The van der Waals surface area contributed by atoms with Crippen LogP contribution in [0.25, 0.3) is 0 Å². The quantitative estimate of drug-likeness (QED) is 0.485. The molecule has 3 heterocycles. The first kappa shape index (κ1) is 13.1. The van der Waals surface area contributed by atoms with E-state index >= 15 is 0 Å². The zero-order valence-electron chi connectivity index (χ0n) is 12.0. The highest BCUT2D eigenvalue weighted by Gasteiger charge is 2.63. The normalized spacial score (nSPS) is 35.0. The number of nitrogens with zero attached hydrogens (tertiary/aromatic N) is 2. The van der Waals surface area contributed by atoms with Gasteiger partial charge in [0, 0.05) is 7.05 Å². The molecule has 3 aliphatic rings. The molecule has 0 aliphatic carbocycles. The van der Waals surface area contributed by atoms with Crippen molar-refractivity contribution >= 4 is 17.9 Å². The van der Waals surface area contributed by atoms with Crippen molar-refractivity contribution in [1.82, 2.24) is 9.80 Å². The summed E-state index contributed by atoms with van der Waals surface area (Å²) < 4.78 is 5.38. The minimum absolute atomic E-state index is 0.203. The Morgan fingerprint density at radius 3 is 1.95 bits per heavy atom. The summed E-state index contributed by atoms with van der Waals surface area (Å²) in [5, 5.41) is 0. The summed E-state index contributed by atoms with van der Waals surface area (Å²) in [5.74, 6) is -1.30. The maximum Gasteiger partial charge on any atom is 0.411 e. The molecule has 2 bridgehead atoms. The number of hydrogen-bond donors (Lipinski definition) is 0. The Balaban J connectivity index is 1.88. The van der Waals surface area contributed by atoms with Crippen LogP contribution in [0.5, 0.6) is 0 Å². The first-order valence-electron chi connectivity index (χ1n) is 6.73. The molecule has 2 fully saturated rings. The summed E-state index contributed by atoms with van der Waals surface area (Å²) in [6.45, 7) is 5.38. The highest BCUT2D eigenvalue weighted by Crippen LogP contribution is 2.47. The lowest BCUT2D eigenvalue weighted by molar-refractivity contribution is -0.139. The fraction of sp³-hybridized carbons (Fsp3) is 0.643. The Hall–Kier alpha value is -1.85. The fourth-order valence-corrected chi connectivity index (χ4v) is 3.34. The van der Waals surface area contributed by atoms with Crippen LogP contribution in [0, 0.1) is 11.8 Å². The number of likely N-dealkylation sites (tertiary alicyclic amines) is 1. The lowest BCUT2D eigenvalue weighted by atomic mass is 9.85. The first-order chi connectivity index (χ1) is 9.22. The largest absolute Gasteiger partial charge is 0.444 e. The molecule has 4 atom stereocenters. The molecule has 3 amide bonds. The smallest absolute Gasteiger partial charge is 0.411 e. The molecule has 2 saturated heterocycles. The van der Waals surface area contributed by atoms with Crippen molar-refractivity contribution in [2.75, 3.05) is 7.05 Å². The minimum atomic E-state index is -0.598. The summed E-state index contributed by atoms with van der Waals surface area (Å²) >= 11 is 0. The number of hydrogen-bond acceptors (Lipinski definition) is 4. The van der Waals surface area contributed by atoms with E-state index < -0.39 is 23.5 Å². The monoisotopic (exact) mass is 278 g/mol. The Morgan fingerprint density at radius 1 is 1.10 bits per heavy atom. The Bertz CT molecular complexity index is 502. The summed E-state index contributed by atoms with van der Waals surface area (Å²) in [6, 6.07) is -0.720. The van der Waals surface area contributed by atoms with Crippen LogP contribution in [0.4, 0.5) is 4.79 Å². The van der Waals surface area contributed by atoms with E-state index in [0.29, 0.717) is 0 Å². The Morgan fingerprint density at radius 2 is 1.55 bits per heavy atom. The highest BCUT2D eigenvalue weighted by molar-refractivity contribution is 6.07. The molecular formula is C14H18N2O4. The molecule has 0 aromatic rings. The van der Waals surface area contributed by atoms with Gasteiger partial charge < -0.3 is 4.74 Å². The maximum atomic E-state index is 12.3. The van der Waals surface area contributed by atoms with E-state index in [1.165, 1.54) is 16.8 Å². The van der Waals surface area contributed by atoms with Crippen molar-refractivity contribution in [3.05, 3.63) is 12.2 Å². The predicted octanol–water partition coefficient (Wildman–Crippen LogP) is 0.775. The second-order valence-corrected chi connectivity index (χ2v) is 6.54. The van der Waals surface area contributed by atoms with Gasteiger partial charge in [-0.15, -0.1) is 0 Å². The van der Waals surface area contributed by atoms with Gasteiger partial charge in [0.1, 0.15) is 5.60 Å². The highest BCUT2D eigenvalue weighted by atomic mass is 16.6. The van der Waals surface area contributed by atoms with Crippen LogP contribution in [0.1, 0.15) is 20.8 Å². The minimum Gasteiger partial charge on any atom is -0.444 e. The van der Waals surface area contributed by atoms with Gasteiger partial charge in [0.2, 0.25) is 11.8 Å². The molecule has 0 unspecified atom stereocenters. The maximum absolute atomic E-state index is 12.3. The molecule has 3 rings (SSSR count). The number of fused-ring (bicyclic) bond motifs is 5. The van der Waals surface area contributed by atoms with Gasteiger partial charge in [-0.05, 0) is 20.8 Å². The lowest BCUT2D eigenvalue weighted by Gasteiger charge is -2.29. The number of carbonyl (C=O) groups excluding carboxylic acids is 3. The number of carbonyl (C=O) groups is 3. The van der Waals surface area contributed by atoms with Gasteiger partial charge in [0.25, 0.3) is 0 Å². The lowest BCUT2D eigenvalue weighted by Crippen LogP contribution is -2.44. The summed E-state index contributed by atoms with van der Waals surface area (Å²) in [5.41, 5.74) is -0.598. The topological polar surface area (TPSA) is 66.9 Å². The van der Waals surface area contributed by atoms with Crippen molar-refractivity contribution in [2.24, 2.45) is 11.8 Å². The van der Waals surface area contributed by atoms with Crippen molar-refractivity contribution in [1.29, 1.82) is 0 Å². The van der Waals surface area contributed by atoms with Gasteiger partial charge in [0.05, 0.1) is 23.9 Å². The van der Waals surface area contributed by atoms with Crippen LogP contribution in [0.15, 0.2) is 12.2 Å². The Labute approximate surface area is 117 Å². The van der Waals surface area contributed by atoms with Crippen LogP contribution in [0.3, 0.4) is 0 Å². The van der Waals surface area contributed by atoms with E-state index in [2.05, 4.69) is 0 Å². The van der Waals surface area contributed by atoms with E-state index in [1.54, 1.807) is 20.8 Å². The summed E-state index contributed by atoms with van der Waals surface area (Å²) in [4.78, 5) is 39.2. The van der Waals surface area contributed by atoms with Crippen LogP contribution in [0.2, 0.25) is 0 Å². The van der Waals surface area contributed by atoms with Gasteiger partial charge in [0.15, 0.2) is 0 Å². The van der Waals surface area contributed by atoms with E-state index in [-0.39, 0.29) is 23.9 Å².